The van der Waals surface area contributed by atoms with Crippen molar-refractivity contribution in [1.29, 1.82) is 0 Å². The standard InChI is InChI=1S/C10H23NO12P2/c12-4-5-6(13)7(14)8(15)9(23-5)11-3-1-2-10(16,24(17,18)19)25(20,21)22/h5-9,11-16H,1-4H2,(H2,17,18,19)(H2,20,21,22). The fourth-order valence-corrected chi connectivity index (χ4v) is 4.56. The first kappa shape index (κ1) is 23.1. The molecule has 15 heteroatoms. The molecule has 0 radical (unpaired) electrons. The van der Waals surface area contributed by atoms with Gasteiger partial charge >= 0.3 is 15.2 Å². The number of hydrogen-bond donors (Lipinski definition) is 10. The minimum Gasteiger partial charge on any atom is -0.394 e. The summed E-state index contributed by atoms with van der Waals surface area (Å²) in [6, 6.07) is 0. The Hall–Kier alpha value is 0.0200. The number of aliphatic hydroxyl groups is 5. The molecule has 0 spiro atoms. The van der Waals surface area contributed by atoms with E-state index in [0.29, 0.717) is 0 Å². The number of ether oxygens (including phenoxy) is 1. The number of nitrogens with one attached hydrogen (secondary N) is 1. The van der Waals surface area contributed by atoms with Crippen LogP contribution in [0.2, 0.25) is 0 Å². The number of aliphatic hydroxyl groups excluding tert-OH is 4. The Morgan fingerprint density at radius 3 is 1.92 bits per heavy atom. The molecule has 5 unspecified atom stereocenters. The van der Waals surface area contributed by atoms with Crippen molar-refractivity contribution in [2.75, 3.05) is 13.2 Å². The summed E-state index contributed by atoms with van der Waals surface area (Å²) in [5, 5.41) is 46.6. The van der Waals surface area contributed by atoms with Gasteiger partial charge in [0, 0.05) is 6.42 Å². The van der Waals surface area contributed by atoms with Gasteiger partial charge < -0.3 is 49.8 Å². The second-order valence-corrected chi connectivity index (χ2v) is 9.68. The van der Waals surface area contributed by atoms with E-state index >= 15 is 0 Å². The molecule has 10 N–H and O–H groups in total. The molecule has 1 fully saturated rings. The van der Waals surface area contributed by atoms with Crippen LogP contribution in [-0.2, 0) is 13.9 Å². The molecule has 0 aromatic heterocycles. The van der Waals surface area contributed by atoms with Crippen molar-refractivity contribution < 1.29 is 59.0 Å². The molecule has 0 aliphatic carbocycles. The van der Waals surface area contributed by atoms with Crippen LogP contribution in [0.4, 0.5) is 0 Å². The summed E-state index contributed by atoms with van der Waals surface area (Å²) in [6.07, 6.45) is -8.54. The van der Waals surface area contributed by atoms with E-state index in [9.17, 15) is 29.6 Å². The van der Waals surface area contributed by atoms with Gasteiger partial charge in [0.15, 0.2) is 0 Å². The Morgan fingerprint density at radius 2 is 1.48 bits per heavy atom. The van der Waals surface area contributed by atoms with Gasteiger partial charge in [0.1, 0.15) is 30.6 Å². The van der Waals surface area contributed by atoms with E-state index in [1.54, 1.807) is 0 Å². The maximum absolute atomic E-state index is 11.2. The Labute approximate surface area is 142 Å². The highest BCUT2D eigenvalue weighted by molar-refractivity contribution is 7.72. The molecule has 1 aliphatic rings. The SMILES string of the molecule is O=P(O)(O)C(O)(CCCNC1OC(CO)C(O)C(O)C1O)P(=O)(O)O. The predicted molar refractivity (Wildman–Crippen MR) is 80.0 cm³/mol. The summed E-state index contributed by atoms with van der Waals surface area (Å²) in [4.78, 5) is 36.0. The molecule has 150 valence electrons. The summed E-state index contributed by atoms with van der Waals surface area (Å²) < 4.78 is 27.5. The Bertz CT molecular complexity index is 510. The van der Waals surface area contributed by atoms with Crippen LogP contribution in [0.3, 0.4) is 0 Å². The third-order valence-corrected chi connectivity index (χ3v) is 7.74. The first-order valence-corrected chi connectivity index (χ1v) is 10.4. The van der Waals surface area contributed by atoms with Crippen LogP contribution < -0.4 is 5.32 Å². The topological polar surface area (TPSA) is 237 Å². The van der Waals surface area contributed by atoms with Crippen LogP contribution in [0.5, 0.6) is 0 Å². The van der Waals surface area contributed by atoms with Crippen molar-refractivity contribution in [2.45, 2.75) is 48.6 Å². The molecule has 1 heterocycles. The number of hydrogen-bond acceptors (Lipinski definition) is 9. The average molecular weight is 411 g/mol. The molecule has 0 saturated carbocycles. The predicted octanol–water partition coefficient (Wildman–Crippen LogP) is -3.84. The van der Waals surface area contributed by atoms with Crippen molar-refractivity contribution in [3.8, 4) is 0 Å². The quantitative estimate of drug-likeness (QED) is 0.136. The Kier molecular flexibility index (Phi) is 7.71. The lowest BCUT2D eigenvalue weighted by atomic mass is 9.98. The third kappa shape index (κ3) is 5.05. The second-order valence-electron chi connectivity index (χ2n) is 5.67. The molecule has 0 aromatic rings. The minimum atomic E-state index is -5.55. The summed E-state index contributed by atoms with van der Waals surface area (Å²) in [5.41, 5.74) is 0. The van der Waals surface area contributed by atoms with Crippen molar-refractivity contribution in [3.05, 3.63) is 0 Å². The van der Waals surface area contributed by atoms with Crippen molar-refractivity contribution in [1.82, 2.24) is 5.32 Å². The van der Waals surface area contributed by atoms with E-state index in [1.165, 1.54) is 0 Å². The first-order valence-electron chi connectivity index (χ1n) is 7.14. The molecule has 1 aliphatic heterocycles. The third-order valence-electron chi connectivity index (χ3n) is 3.86. The Balaban J connectivity index is 2.65. The van der Waals surface area contributed by atoms with E-state index in [2.05, 4.69) is 5.32 Å². The van der Waals surface area contributed by atoms with Crippen LogP contribution >= 0.6 is 15.2 Å². The molecule has 25 heavy (non-hydrogen) atoms. The normalized spacial score (nSPS) is 32.0. The first-order chi connectivity index (χ1) is 11.3. The molecular weight excluding hydrogens is 388 g/mol. The van der Waals surface area contributed by atoms with Gasteiger partial charge in [-0.1, -0.05) is 0 Å². The number of rotatable bonds is 8. The van der Waals surface area contributed by atoms with Gasteiger partial charge in [-0.3, -0.25) is 14.4 Å². The molecule has 1 rings (SSSR count). The van der Waals surface area contributed by atoms with Crippen LogP contribution in [0.15, 0.2) is 0 Å². The summed E-state index contributed by atoms with van der Waals surface area (Å²) in [6.45, 7) is -0.885. The van der Waals surface area contributed by atoms with E-state index in [-0.39, 0.29) is 13.0 Å². The van der Waals surface area contributed by atoms with Crippen molar-refractivity contribution in [2.24, 2.45) is 0 Å². The molecular formula is C10H23NO12P2. The molecule has 5 atom stereocenters. The summed E-state index contributed by atoms with van der Waals surface area (Å²) >= 11 is 0. The summed E-state index contributed by atoms with van der Waals surface area (Å²) in [7, 11) is -11.1. The average Bonchev–Trinajstić information content (AvgIpc) is 2.48. The lowest BCUT2D eigenvalue weighted by molar-refractivity contribution is -0.236. The van der Waals surface area contributed by atoms with E-state index in [0.717, 1.165) is 0 Å². The molecule has 0 bridgehead atoms. The summed E-state index contributed by atoms with van der Waals surface area (Å²) in [5.74, 6) is 0. The van der Waals surface area contributed by atoms with Gasteiger partial charge in [-0.05, 0) is 13.0 Å². The van der Waals surface area contributed by atoms with Gasteiger partial charge in [0.2, 0.25) is 0 Å². The van der Waals surface area contributed by atoms with Gasteiger partial charge in [-0.25, -0.2) is 0 Å². The van der Waals surface area contributed by atoms with Crippen LogP contribution in [0, 0.1) is 0 Å². The highest BCUT2D eigenvalue weighted by Crippen LogP contribution is 2.69. The van der Waals surface area contributed by atoms with Gasteiger partial charge in [0.05, 0.1) is 6.61 Å². The monoisotopic (exact) mass is 411 g/mol. The highest BCUT2D eigenvalue weighted by atomic mass is 31.2. The fraction of sp³-hybridized carbons (Fsp3) is 1.00. The van der Waals surface area contributed by atoms with Crippen LogP contribution in [-0.4, -0.2) is 94.0 Å². The molecule has 1 saturated heterocycles. The molecule has 0 aromatic carbocycles. The zero-order chi connectivity index (χ0) is 19.6. The lowest BCUT2D eigenvalue weighted by Gasteiger charge is -2.40. The maximum atomic E-state index is 11.2. The minimum absolute atomic E-state index is 0.231. The van der Waals surface area contributed by atoms with Gasteiger partial charge in [-0.2, -0.15) is 0 Å². The van der Waals surface area contributed by atoms with Crippen molar-refractivity contribution in [3.63, 3.8) is 0 Å². The Morgan fingerprint density at radius 1 is 0.960 bits per heavy atom. The molecule has 13 nitrogen and oxygen atoms in total. The fourth-order valence-electron chi connectivity index (χ4n) is 2.30. The van der Waals surface area contributed by atoms with E-state index in [4.69, 9.17) is 29.4 Å². The van der Waals surface area contributed by atoms with Gasteiger partial charge in [-0.15, -0.1) is 0 Å². The van der Waals surface area contributed by atoms with E-state index in [1.807, 2.05) is 0 Å². The highest BCUT2D eigenvalue weighted by Gasteiger charge is 2.58. The second kappa shape index (κ2) is 8.36. The smallest absolute Gasteiger partial charge is 0.369 e. The largest absolute Gasteiger partial charge is 0.394 e. The maximum Gasteiger partial charge on any atom is 0.369 e. The lowest BCUT2D eigenvalue weighted by Crippen LogP contribution is -2.62. The van der Waals surface area contributed by atoms with Crippen molar-refractivity contribution >= 4 is 15.2 Å². The zero-order valence-corrected chi connectivity index (χ0v) is 14.6. The van der Waals surface area contributed by atoms with Crippen LogP contribution in [0.1, 0.15) is 12.8 Å². The molecule has 0 amide bonds. The van der Waals surface area contributed by atoms with E-state index < -0.39 is 63.9 Å². The van der Waals surface area contributed by atoms with Gasteiger partial charge in [0.25, 0.3) is 5.08 Å². The van der Waals surface area contributed by atoms with Crippen LogP contribution in [0.25, 0.3) is 0 Å². The zero-order valence-electron chi connectivity index (χ0n) is 12.9.